The van der Waals surface area contributed by atoms with Crippen LogP contribution in [-0.2, 0) is 6.54 Å². The van der Waals surface area contributed by atoms with E-state index in [-0.39, 0.29) is 5.56 Å². The molecule has 19 heavy (non-hydrogen) atoms. The lowest BCUT2D eigenvalue weighted by molar-refractivity contribution is 0.631. The highest BCUT2D eigenvalue weighted by Crippen LogP contribution is 2.15. The van der Waals surface area contributed by atoms with Gasteiger partial charge in [-0.25, -0.2) is 4.68 Å². The van der Waals surface area contributed by atoms with Crippen LogP contribution >= 0.6 is 11.3 Å². The molecule has 0 amide bonds. The maximum atomic E-state index is 11.9. The van der Waals surface area contributed by atoms with Gasteiger partial charge in [0.2, 0.25) is 5.13 Å². The van der Waals surface area contributed by atoms with Gasteiger partial charge in [-0.3, -0.25) is 4.79 Å². The minimum absolute atomic E-state index is 0.147. The Hall–Kier alpha value is -1.96. The number of rotatable bonds is 5. The molecule has 2 heterocycles. The maximum absolute atomic E-state index is 11.9. The number of hydrogen-bond donors (Lipinski definition) is 1. The summed E-state index contributed by atoms with van der Waals surface area (Å²) in [5.41, 5.74) is 0.637. The molecule has 0 aliphatic carbocycles. The summed E-state index contributed by atoms with van der Waals surface area (Å²) < 4.78 is 1.38. The Bertz CT molecular complexity index is 605. The highest BCUT2D eigenvalue weighted by atomic mass is 32.1. The van der Waals surface area contributed by atoms with Crippen LogP contribution in [0.4, 0.5) is 10.8 Å². The van der Waals surface area contributed by atoms with E-state index < -0.39 is 0 Å². The maximum Gasteiger partial charge on any atom is 0.269 e. The molecular formula is C11H16N6OS. The van der Waals surface area contributed by atoms with Crippen LogP contribution < -0.4 is 15.8 Å². The molecule has 102 valence electrons. The first-order valence-electron chi connectivity index (χ1n) is 5.91. The van der Waals surface area contributed by atoms with Gasteiger partial charge in [0.15, 0.2) is 0 Å². The van der Waals surface area contributed by atoms with Gasteiger partial charge in [-0.05, 0) is 6.92 Å². The molecule has 8 heteroatoms. The van der Waals surface area contributed by atoms with Crippen molar-refractivity contribution in [3.8, 4) is 0 Å². The quantitative estimate of drug-likeness (QED) is 0.866. The summed E-state index contributed by atoms with van der Waals surface area (Å²) in [5, 5.41) is 16.7. The van der Waals surface area contributed by atoms with Crippen LogP contribution in [0.15, 0.2) is 17.1 Å². The number of anilines is 2. The molecule has 0 fully saturated rings. The van der Waals surface area contributed by atoms with Crippen LogP contribution in [0.1, 0.15) is 11.9 Å². The highest BCUT2D eigenvalue weighted by Gasteiger charge is 2.07. The second kappa shape index (κ2) is 5.79. The minimum atomic E-state index is -0.147. The summed E-state index contributed by atoms with van der Waals surface area (Å²) in [6.07, 6.45) is 1.66. The van der Waals surface area contributed by atoms with E-state index in [0.29, 0.717) is 6.54 Å². The topological polar surface area (TPSA) is 75.9 Å². The monoisotopic (exact) mass is 280 g/mol. The third-order valence-electron chi connectivity index (χ3n) is 2.45. The van der Waals surface area contributed by atoms with Gasteiger partial charge < -0.3 is 10.2 Å². The Labute approximate surface area is 114 Å². The molecule has 0 bridgehead atoms. The van der Waals surface area contributed by atoms with Crippen molar-refractivity contribution in [3.63, 3.8) is 0 Å². The minimum Gasteiger partial charge on any atom is -0.376 e. The van der Waals surface area contributed by atoms with E-state index in [9.17, 15) is 4.79 Å². The molecule has 0 aliphatic rings. The smallest absolute Gasteiger partial charge is 0.269 e. The molecule has 0 atom stereocenters. The van der Waals surface area contributed by atoms with Gasteiger partial charge >= 0.3 is 0 Å². The lowest BCUT2D eigenvalue weighted by Crippen LogP contribution is -2.24. The second-order valence-electron chi connectivity index (χ2n) is 4.14. The van der Waals surface area contributed by atoms with E-state index in [4.69, 9.17) is 0 Å². The average molecular weight is 280 g/mol. The Morgan fingerprint density at radius 1 is 1.42 bits per heavy atom. The van der Waals surface area contributed by atoms with Crippen LogP contribution in [0.2, 0.25) is 0 Å². The fourth-order valence-electron chi connectivity index (χ4n) is 1.46. The molecule has 0 unspecified atom stereocenters. The average Bonchev–Trinajstić information content (AvgIpc) is 2.79. The summed E-state index contributed by atoms with van der Waals surface area (Å²) in [6, 6.07) is 1.55. The molecule has 0 radical (unpaired) electrons. The fraction of sp³-hybridized carbons (Fsp3) is 0.455. The second-order valence-corrected chi connectivity index (χ2v) is 5.20. The molecule has 0 saturated carbocycles. The van der Waals surface area contributed by atoms with E-state index in [2.05, 4.69) is 20.6 Å². The third kappa shape index (κ3) is 3.28. The number of nitrogens with zero attached hydrogens (tertiary/aromatic N) is 5. The zero-order chi connectivity index (χ0) is 13.8. The van der Waals surface area contributed by atoms with Gasteiger partial charge in [-0.1, -0.05) is 11.3 Å². The zero-order valence-electron chi connectivity index (χ0n) is 11.1. The van der Waals surface area contributed by atoms with E-state index >= 15 is 0 Å². The van der Waals surface area contributed by atoms with Crippen molar-refractivity contribution in [2.75, 3.05) is 30.9 Å². The van der Waals surface area contributed by atoms with Crippen LogP contribution in [0.3, 0.4) is 0 Å². The Morgan fingerprint density at radius 2 is 2.21 bits per heavy atom. The third-order valence-corrected chi connectivity index (χ3v) is 3.32. The summed E-state index contributed by atoms with van der Waals surface area (Å²) in [7, 11) is 3.74. The molecule has 1 N–H and O–H groups in total. The van der Waals surface area contributed by atoms with Gasteiger partial charge in [0.05, 0.1) is 18.4 Å². The first kappa shape index (κ1) is 13.5. The van der Waals surface area contributed by atoms with E-state index in [1.807, 2.05) is 25.9 Å². The van der Waals surface area contributed by atoms with Crippen LogP contribution in [0, 0.1) is 0 Å². The van der Waals surface area contributed by atoms with E-state index in [1.54, 1.807) is 12.3 Å². The standard InChI is InChI=1S/C11H16N6OS/c1-4-12-11-15-14-9(19-11)7-17-10(18)5-8(6-13-17)16(2)3/h5-6H,4,7H2,1-3H3,(H,12,15). The molecule has 2 aromatic rings. The van der Waals surface area contributed by atoms with Crippen LogP contribution in [-0.4, -0.2) is 40.6 Å². The van der Waals surface area contributed by atoms with Crippen LogP contribution in [0.5, 0.6) is 0 Å². The number of nitrogens with one attached hydrogen (secondary N) is 1. The first-order valence-corrected chi connectivity index (χ1v) is 6.72. The number of hydrogen-bond acceptors (Lipinski definition) is 7. The van der Waals surface area contributed by atoms with Crippen molar-refractivity contribution in [2.45, 2.75) is 13.5 Å². The lowest BCUT2D eigenvalue weighted by atomic mass is 10.4. The molecule has 0 aromatic carbocycles. The van der Waals surface area contributed by atoms with Gasteiger partial charge in [0, 0.05) is 26.7 Å². The van der Waals surface area contributed by atoms with Gasteiger partial charge in [0.1, 0.15) is 5.01 Å². The predicted molar refractivity (Wildman–Crippen MR) is 76.0 cm³/mol. The molecule has 0 aliphatic heterocycles. The lowest BCUT2D eigenvalue weighted by Gasteiger charge is -2.11. The van der Waals surface area contributed by atoms with Crippen LogP contribution in [0.25, 0.3) is 0 Å². The normalized spacial score (nSPS) is 10.5. The number of aromatic nitrogens is 4. The largest absolute Gasteiger partial charge is 0.376 e. The Balaban J connectivity index is 2.16. The summed E-state index contributed by atoms with van der Waals surface area (Å²) in [4.78, 5) is 13.7. The summed E-state index contributed by atoms with van der Waals surface area (Å²) in [5.74, 6) is 0. The summed E-state index contributed by atoms with van der Waals surface area (Å²) in [6.45, 7) is 3.13. The van der Waals surface area contributed by atoms with Crippen molar-refractivity contribution in [1.29, 1.82) is 0 Å². The molecule has 0 spiro atoms. The Morgan fingerprint density at radius 3 is 2.84 bits per heavy atom. The summed E-state index contributed by atoms with van der Waals surface area (Å²) >= 11 is 1.43. The van der Waals surface area contributed by atoms with Crippen molar-refractivity contribution >= 4 is 22.2 Å². The van der Waals surface area contributed by atoms with E-state index in [0.717, 1.165) is 22.4 Å². The van der Waals surface area contributed by atoms with Gasteiger partial charge in [0.25, 0.3) is 5.56 Å². The van der Waals surface area contributed by atoms with E-state index in [1.165, 1.54) is 16.0 Å². The van der Waals surface area contributed by atoms with Crippen molar-refractivity contribution < 1.29 is 0 Å². The zero-order valence-corrected chi connectivity index (χ0v) is 11.9. The molecular weight excluding hydrogens is 264 g/mol. The Kier molecular flexibility index (Phi) is 4.10. The van der Waals surface area contributed by atoms with Gasteiger partial charge in [-0.15, -0.1) is 10.2 Å². The molecule has 2 aromatic heterocycles. The molecule has 0 saturated heterocycles. The molecule has 7 nitrogen and oxygen atoms in total. The highest BCUT2D eigenvalue weighted by molar-refractivity contribution is 7.15. The van der Waals surface area contributed by atoms with Crippen molar-refractivity contribution in [3.05, 3.63) is 27.6 Å². The van der Waals surface area contributed by atoms with Gasteiger partial charge in [-0.2, -0.15) is 5.10 Å². The predicted octanol–water partition coefficient (Wildman–Crippen LogP) is 0.641. The fourth-order valence-corrected chi connectivity index (χ4v) is 2.25. The first-order chi connectivity index (χ1) is 9.10. The SMILES string of the molecule is CCNc1nnc(Cn2ncc(N(C)C)cc2=O)s1. The van der Waals surface area contributed by atoms with Crippen molar-refractivity contribution in [2.24, 2.45) is 0 Å². The molecule has 2 rings (SSSR count). The van der Waals surface area contributed by atoms with Crippen molar-refractivity contribution in [1.82, 2.24) is 20.0 Å².